The molecule has 102 valence electrons. The van der Waals surface area contributed by atoms with Gasteiger partial charge in [0, 0.05) is 13.1 Å². The van der Waals surface area contributed by atoms with Gasteiger partial charge in [-0.15, -0.1) is 0 Å². The quantitative estimate of drug-likeness (QED) is 0.759. The van der Waals surface area contributed by atoms with Gasteiger partial charge in [-0.2, -0.15) is 0 Å². The van der Waals surface area contributed by atoms with E-state index < -0.39 is 0 Å². The second-order valence-electron chi connectivity index (χ2n) is 4.36. The maximum Gasteiger partial charge on any atom is 0.337 e. The van der Waals surface area contributed by atoms with E-state index in [4.69, 9.17) is 4.74 Å². The summed E-state index contributed by atoms with van der Waals surface area (Å²) in [6, 6.07) is 6.91. The smallest absolute Gasteiger partial charge is 0.337 e. The normalized spacial score (nSPS) is 15.1. The molecule has 1 heterocycles. The molecule has 0 spiro atoms. The molecule has 5 nitrogen and oxygen atoms in total. The summed E-state index contributed by atoms with van der Waals surface area (Å²) >= 11 is 0. The average molecular weight is 263 g/mol. The minimum atomic E-state index is -0.369. The summed E-state index contributed by atoms with van der Waals surface area (Å²) in [6.07, 6.45) is 0.349. The SMILES string of the molecule is COC(=O)c1ccc(CC(=O)N2CCOCC2)cc1. The van der Waals surface area contributed by atoms with Crippen LogP contribution < -0.4 is 0 Å². The Hall–Kier alpha value is -1.88. The van der Waals surface area contributed by atoms with E-state index >= 15 is 0 Å². The van der Waals surface area contributed by atoms with E-state index in [1.54, 1.807) is 29.2 Å². The van der Waals surface area contributed by atoms with E-state index in [0.717, 1.165) is 5.56 Å². The molecule has 0 aliphatic carbocycles. The number of morpholine rings is 1. The first-order valence-corrected chi connectivity index (χ1v) is 6.23. The molecule has 0 bridgehead atoms. The predicted octanol–water partition coefficient (Wildman–Crippen LogP) is 0.874. The summed E-state index contributed by atoms with van der Waals surface area (Å²) in [5.41, 5.74) is 1.38. The molecule has 0 N–H and O–H groups in total. The van der Waals surface area contributed by atoms with E-state index in [-0.39, 0.29) is 11.9 Å². The number of nitrogens with zero attached hydrogens (tertiary/aromatic N) is 1. The number of carbonyl (C=O) groups excluding carboxylic acids is 2. The van der Waals surface area contributed by atoms with Gasteiger partial charge in [0.1, 0.15) is 0 Å². The number of rotatable bonds is 3. The Labute approximate surface area is 112 Å². The maximum atomic E-state index is 12.0. The van der Waals surface area contributed by atoms with Gasteiger partial charge in [0.15, 0.2) is 0 Å². The van der Waals surface area contributed by atoms with Gasteiger partial charge < -0.3 is 14.4 Å². The van der Waals surface area contributed by atoms with Crippen LogP contribution in [0.1, 0.15) is 15.9 Å². The lowest BCUT2D eigenvalue weighted by molar-refractivity contribution is -0.134. The zero-order chi connectivity index (χ0) is 13.7. The molecule has 0 unspecified atom stereocenters. The molecule has 1 aromatic rings. The summed E-state index contributed by atoms with van der Waals surface area (Å²) in [7, 11) is 1.35. The van der Waals surface area contributed by atoms with Crippen LogP contribution in [0.15, 0.2) is 24.3 Å². The van der Waals surface area contributed by atoms with Crippen LogP contribution in [0, 0.1) is 0 Å². The standard InChI is InChI=1S/C14H17NO4/c1-18-14(17)12-4-2-11(3-5-12)10-13(16)15-6-8-19-9-7-15/h2-5H,6-10H2,1H3. The van der Waals surface area contributed by atoms with Crippen molar-refractivity contribution in [3.05, 3.63) is 35.4 Å². The Morgan fingerprint density at radius 1 is 1.21 bits per heavy atom. The van der Waals surface area contributed by atoms with Crippen LogP contribution in [0.3, 0.4) is 0 Å². The second-order valence-corrected chi connectivity index (χ2v) is 4.36. The minimum Gasteiger partial charge on any atom is -0.465 e. The molecule has 0 aromatic heterocycles. The molecule has 1 amide bonds. The fourth-order valence-corrected chi connectivity index (χ4v) is 1.98. The Morgan fingerprint density at radius 3 is 2.42 bits per heavy atom. The first-order valence-electron chi connectivity index (χ1n) is 6.23. The van der Waals surface area contributed by atoms with Gasteiger partial charge >= 0.3 is 5.97 Å². The molecule has 2 rings (SSSR count). The zero-order valence-electron chi connectivity index (χ0n) is 10.9. The van der Waals surface area contributed by atoms with Crippen LogP contribution in [0.2, 0.25) is 0 Å². The average Bonchev–Trinajstić information content (AvgIpc) is 2.48. The summed E-state index contributed by atoms with van der Waals surface area (Å²) in [6.45, 7) is 2.51. The minimum absolute atomic E-state index is 0.0918. The van der Waals surface area contributed by atoms with E-state index in [0.29, 0.717) is 38.3 Å². The Balaban J connectivity index is 1.95. The van der Waals surface area contributed by atoms with E-state index in [1.807, 2.05) is 0 Å². The highest BCUT2D eigenvalue weighted by Gasteiger charge is 2.17. The number of hydrogen-bond donors (Lipinski definition) is 0. The van der Waals surface area contributed by atoms with Crippen molar-refractivity contribution >= 4 is 11.9 Å². The monoisotopic (exact) mass is 263 g/mol. The first-order chi connectivity index (χ1) is 9.20. The molecular weight excluding hydrogens is 246 g/mol. The maximum absolute atomic E-state index is 12.0. The fourth-order valence-electron chi connectivity index (χ4n) is 1.98. The highest BCUT2D eigenvalue weighted by molar-refractivity contribution is 5.89. The van der Waals surface area contributed by atoms with Crippen LogP contribution in [-0.4, -0.2) is 50.2 Å². The number of methoxy groups -OCH3 is 1. The summed E-state index contributed by atoms with van der Waals surface area (Å²) < 4.78 is 9.83. The number of hydrogen-bond acceptors (Lipinski definition) is 4. The Kier molecular flexibility index (Phi) is 4.52. The van der Waals surface area contributed by atoms with Crippen LogP contribution in [0.4, 0.5) is 0 Å². The molecule has 1 aliphatic rings. The van der Waals surface area contributed by atoms with Gasteiger partial charge in [-0.1, -0.05) is 12.1 Å². The molecule has 1 fully saturated rings. The highest BCUT2D eigenvalue weighted by Crippen LogP contribution is 2.08. The lowest BCUT2D eigenvalue weighted by atomic mass is 10.1. The highest BCUT2D eigenvalue weighted by atomic mass is 16.5. The largest absolute Gasteiger partial charge is 0.465 e. The molecule has 1 aliphatic heterocycles. The molecule has 1 saturated heterocycles. The Bertz CT molecular complexity index is 449. The third-order valence-electron chi connectivity index (χ3n) is 3.09. The van der Waals surface area contributed by atoms with Gasteiger partial charge in [-0.05, 0) is 17.7 Å². The molecule has 0 radical (unpaired) electrons. The Morgan fingerprint density at radius 2 is 1.84 bits per heavy atom. The van der Waals surface area contributed by atoms with Crippen molar-refractivity contribution in [2.75, 3.05) is 33.4 Å². The lowest BCUT2D eigenvalue weighted by Crippen LogP contribution is -2.41. The van der Waals surface area contributed by atoms with E-state index in [1.165, 1.54) is 7.11 Å². The summed E-state index contributed by atoms with van der Waals surface area (Å²) in [4.78, 5) is 25.1. The van der Waals surface area contributed by atoms with Crippen LogP contribution in [-0.2, 0) is 20.7 Å². The van der Waals surface area contributed by atoms with Crippen LogP contribution in [0.5, 0.6) is 0 Å². The number of ether oxygens (including phenoxy) is 2. The second kappa shape index (κ2) is 6.33. The van der Waals surface area contributed by atoms with Crippen molar-refractivity contribution in [1.29, 1.82) is 0 Å². The van der Waals surface area contributed by atoms with Crippen molar-refractivity contribution in [1.82, 2.24) is 4.90 Å². The molecule has 5 heteroatoms. The van der Waals surface area contributed by atoms with Crippen molar-refractivity contribution in [3.8, 4) is 0 Å². The topological polar surface area (TPSA) is 55.8 Å². The van der Waals surface area contributed by atoms with E-state index in [2.05, 4.69) is 4.74 Å². The lowest BCUT2D eigenvalue weighted by Gasteiger charge is -2.26. The third-order valence-corrected chi connectivity index (χ3v) is 3.09. The van der Waals surface area contributed by atoms with Crippen LogP contribution >= 0.6 is 0 Å². The van der Waals surface area contributed by atoms with Crippen molar-refractivity contribution in [3.63, 3.8) is 0 Å². The summed E-state index contributed by atoms with van der Waals surface area (Å²) in [5, 5.41) is 0. The predicted molar refractivity (Wildman–Crippen MR) is 68.9 cm³/mol. The fraction of sp³-hybridized carbons (Fsp3) is 0.429. The van der Waals surface area contributed by atoms with Gasteiger partial charge in [0.05, 0.1) is 32.3 Å². The van der Waals surface area contributed by atoms with Gasteiger partial charge in [0.2, 0.25) is 5.91 Å². The summed E-state index contributed by atoms with van der Waals surface area (Å²) in [5.74, 6) is -0.278. The number of esters is 1. The van der Waals surface area contributed by atoms with Crippen molar-refractivity contribution < 1.29 is 19.1 Å². The van der Waals surface area contributed by atoms with Gasteiger partial charge in [-0.25, -0.2) is 4.79 Å². The van der Waals surface area contributed by atoms with Crippen molar-refractivity contribution in [2.45, 2.75) is 6.42 Å². The molecule has 19 heavy (non-hydrogen) atoms. The number of carbonyl (C=O) groups is 2. The van der Waals surface area contributed by atoms with E-state index in [9.17, 15) is 9.59 Å². The van der Waals surface area contributed by atoms with Gasteiger partial charge in [0.25, 0.3) is 0 Å². The molecule has 0 saturated carbocycles. The first kappa shape index (κ1) is 13.5. The van der Waals surface area contributed by atoms with Gasteiger partial charge in [-0.3, -0.25) is 4.79 Å². The zero-order valence-corrected chi connectivity index (χ0v) is 10.9. The number of amides is 1. The molecule has 1 aromatic carbocycles. The molecular formula is C14H17NO4. The molecule has 0 atom stereocenters. The van der Waals surface area contributed by atoms with Crippen molar-refractivity contribution in [2.24, 2.45) is 0 Å². The third kappa shape index (κ3) is 3.54. The number of benzene rings is 1. The van der Waals surface area contributed by atoms with Crippen LogP contribution in [0.25, 0.3) is 0 Å².